The van der Waals surface area contributed by atoms with Crippen molar-refractivity contribution >= 4 is 17.2 Å². The summed E-state index contributed by atoms with van der Waals surface area (Å²) >= 11 is 0. The molecule has 0 saturated carbocycles. The van der Waals surface area contributed by atoms with E-state index in [4.69, 9.17) is 9.47 Å². The van der Waals surface area contributed by atoms with E-state index in [9.17, 15) is 4.79 Å². The summed E-state index contributed by atoms with van der Waals surface area (Å²) in [6.45, 7) is 4.26. The highest BCUT2D eigenvalue weighted by molar-refractivity contribution is 5.91. The first kappa shape index (κ1) is 17.2. The first-order valence-corrected chi connectivity index (χ1v) is 9.98. The highest BCUT2D eigenvalue weighted by atomic mass is 16.6. The molecule has 0 atom stereocenters. The van der Waals surface area contributed by atoms with Gasteiger partial charge in [0.05, 0.1) is 12.1 Å². The van der Waals surface area contributed by atoms with Crippen LogP contribution in [0.4, 0.5) is 5.69 Å². The van der Waals surface area contributed by atoms with Gasteiger partial charge < -0.3 is 19.3 Å². The molecule has 2 heterocycles. The van der Waals surface area contributed by atoms with Crippen molar-refractivity contribution in [1.29, 1.82) is 0 Å². The van der Waals surface area contributed by atoms with Gasteiger partial charge >= 0.3 is 0 Å². The highest BCUT2D eigenvalue weighted by Crippen LogP contribution is 2.39. The molecule has 144 valence electrons. The number of carbonyl (C=O) groups is 1. The van der Waals surface area contributed by atoms with Gasteiger partial charge in [0.1, 0.15) is 13.2 Å². The first-order valence-electron chi connectivity index (χ1n) is 9.98. The Balaban J connectivity index is 1.23. The Morgan fingerprint density at radius 3 is 2.64 bits per heavy atom. The number of hydrogen-bond acceptors (Lipinski definition) is 4. The number of anilines is 1. The average molecular weight is 376 g/mol. The zero-order valence-electron chi connectivity index (χ0n) is 15.9. The molecule has 5 nitrogen and oxygen atoms in total. The summed E-state index contributed by atoms with van der Waals surface area (Å²) in [4.78, 5) is 17.1. The van der Waals surface area contributed by atoms with E-state index in [2.05, 4.69) is 35.2 Å². The Hall–Kier alpha value is -2.95. The molecule has 5 heteroatoms. The lowest BCUT2D eigenvalue weighted by Gasteiger charge is -2.37. The molecule has 1 saturated heterocycles. The zero-order chi connectivity index (χ0) is 18.9. The number of amides is 1. The monoisotopic (exact) mass is 376 g/mol. The number of hydrogen-bond donors (Lipinski definition) is 0. The van der Waals surface area contributed by atoms with E-state index >= 15 is 0 Å². The van der Waals surface area contributed by atoms with Crippen LogP contribution in [0, 0.1) is 0 Å². The molecule has 0 spiro atoms. The molecule has 2 aromatic carbocycles. The van der Waals surface area contributed by atoms with Crippen molar-refractivity contribution in [3.05, 3.63) is 59.7 Å². The maximum Gasteiger partial charge on any atom is 0.227 e. The third-order valence-corrected chi connectivity index (χ3v) is 5.79. The molecule has 0 aromatic heterocycles. The second-order valence-electron chi connectivity index (χ2n) is 7.44. The van der Waals surface area contributed by atoms with Crippen LogP contribution in [0.15, 0.2) is 48.5 Å². The fourth-order valence-corrected chi connectivity index (χ4v) is 4.30. The normalized spacial score (nSPS) is 17.9. The van der Waals surface area contributed by atoms with Crippen LogP contribution in [-0.4, -0.2) is 50.2 Å². The van der Waals surface area contributed by atoms with Crippen LogP contribution in [0.3, 0.4) is 0 Å². The number of ether oxygens (including phenoxy) is 2. The second kappa shape index (κ2) is 7.23. The van der Waals surface area contributed by atoms with Crippen LogP contribution in [0.25, 0.3) is 5.57 Å². The standard InChI is InChI=1S/C23H24N2O3/c26-22(16-18-9-8-17-4-1-2-5-19(17)18)25-12-10-24(11-13-25)20-6-3-7-21-23(20)28-15-14-27-21/h1-7,9H,8,10-16H2. The zero-order valence-corrected chi connectivity index (χ0v) is 15.9. The number of carbonyl (C=O) groups excluding carboxylic acids is 1. The predicted octanol–water partition coefficient (Wildman–Crippen LogP) is 3.14. The van der Waals surface area contributed by atoms with E-state index in [1.807, 2.05) is 23.1 Å². The molecule has 1 fully saturated rings. The van der Waals surface area contributed by atoms with Crippen molar-refractivity contribution in [1.82, 2.24) is 4.90 Å². The molecule has 5 rings (SSSR count). The van der Waals surface area contributed by atoms with Crippen molar-refractivity contribution in [2.45, 2.75) is 12.8 Å². The molecular formula is C23H24N2O3. The van der Waals surface area contributed by atoms with E-state index in [1.54, 1.807) is 0 Å². The molecular weight excluding hydrogens is 352 g/mol. The summed E-state index contributed by atoms with van der Waals surface area (Å²) in [6, 6.07) is 14.4. The lowest BCUT2D eigenvalue weighted by atomic mass is 10.0. The topological polar surface area (TPSA) is 42.0 Å². The lowest BCUT2D eigenvalue weighted by molar-refractivity contribution is -0.130. The SMILES string of the molecule is O=C(CC1=CCc2ccccc21)N1CCN(c2cccc3c2OCCO3)CC1. The maximum absolute atomic E-state index is 12.9. The molecule has 0 bridgehead atoms. The molecule has 28 heavy (non-hydrogen) atoms. The predicted molar refractivity (Wildman–Crippen MR) is 109 cm³/mol. The number of para-hydroxylation sites is 1. The van der Waals surface area contributed by atoms with Crippen molar-refractivity contribution in [3.63, 3.8) is 0 Å². The molecule has 0 unspecified atom stereocenters. The Morgan fingerprint density at radius 1 is 0.929 bits per heavy atom. The molecule has 0 radical (unpaired) electrons. The summed E-state index contributed by atoms with van der Waals surface area (Å²) < 4.78 is 11.5. The largest absolute Gasteiger partial charge is 0.486 e. The van der Waals surface area contributed by atoms with Crippen molar-refractivity contribution in [3.8, 4) is 11.5 Å². The van der Waals surface area contributed by atoms with Crippen LogP contribution >= 0.6 is 0 Å². The van der Waals surface area contributed by atoms with E-state index in [-0.39, 0.29) is 5.91 Å². The Bertz CT molecular complexity index is 929. The van der Waals surface area contributed by atoms with Gasteiger partial charge in [0.15, 0.2) is 11.5 Å². The average Bonchev–Trinajstić information content (AvgIpc) is 3.16. The fourth-order valence-electron chi connectivity index (χ4n) is 4.30. The van der Waals surface area contributed by atoms with Gasteiger partial charge in [0.2, 0.25) is 5.91 Å². The number of allylic oxidation sites excluding steroid dienone is 1. The van der Waals surface area contributed by atoms with Gasteiger partial charge in [-0.1, -0.05) is 36.4 Å². The number of fused-ring (bicyclic) bond motifs is 2. The van der Waals surface area contributed by atoms with Crippen molar-refractivity contribution in [2.24, 2.45) is 0 Å². The molecule has 3 aliphatic rings. The van der Waals surface area contributed by atoms with Gasteiger partial charge in [-0.3, -0.25) is 4.79 Å². The van der Waals surface area contributed by atoms with Crippen molar-refractivity contribution < 1.29 is 14.3 Å². The van der Waals surface area contributed by atoms with Gasteiger partial charge in [-0.2, -0.15) is 0 Å². The summed E-state index contributed by atoms with van der Waals surface area (Å²) in [5.74, 6) is 1.87. The van der Waals surface area contributed by atoms with Crippen molar-refractivity contribution in [2.75, 3.05) is 44.3 Å². The van der Waals surface area contributed by atoms with Gasteiger partial charge in [0.25, 0.3) is 0 Å². The number of benzene rings is 2. The molecule has 0 N–H and O–H groups in total. The molecule has 2 aliphatic heterocycles. The summed E-state index contributed by atoms with van der Waals surface area (Å²) in [5.41, 5.74) is 4.80. The van der Waals surface area contributed by atoms with Gasteiger partial charge in [0, 0.05) is 26.2 Å². The van der Waals surface area contributed by atoms with Crippen LogP contribution in [0.5, 0.6) is 11.5 Å². The van der Waals surface area contributed by atoms with E-state index in [1.165, 1.54) is 16.7 Å². The molecule has 1 aliphatic carbocycles. The van der Waals surface area contributed by atoms with Gasteiger partial charge in [-0.05, 0) is 35.3 Å². The van der Waals surface area contributed by atoms with Crippen LogP contribution in [-0.2, 0) is 11.2 Å². The minimum atomic E-state index is 0.220. The number of rotatable bonds is 3. The van der Waals surface area contributed by atoms with Crippen LogP contribution < -0.4 is 14.4 Å². The Kier molecular flexibility index (Phi) is 4.43. The van der Waals surface area contributed by atoms with Gasteiger partial charge in [-0.25, -0.2) is 0 Å². The quantitative estimate of drug-likeness (QED) is 0.825. The minimum absolute atomic E-state index is 0.220. The van der Waals surface area contributed by atoms with Crippen LogP contribution in [0.1, 0.15) is 17.5 Å². The summed E-state index contributed by atoms with van der Waals surface area (Å²) in [6.07, 6.45) is 3.63. The molecule has 2 aromatic rings. The highest BCUT2D eigenvalue weighted by Gasteiger charge is 2.26. The summed E-state index contributed by atoms with van der Waals surface area (Å²) in [7, 11) is 0. The number of nitrogens with zero attached hydrogens (tertiary/aromatic N) is 2. The van der Waals surface area contributed by atoms with E-state index in [0.717, 1.165) is 49.8 Å². The molecule has 1 amide bonds. The fraction of sp³-hybridized carbons (Fsp3) is 0.348. The number of piperazine rings is 1. The van der Waals surface area contributed by atoms with E-state index in [0.29, 0.717) is 19.6 Å². The van der Waals surface area contributed by atoms with Gasteiger partial charge in [-0.15, -0.1) is 0 Å². The van der Waals surface area contributed by atoms with E-state index < -0.39 is 0 Å². The smallest absolute Gasteiger partial charge is 0.227 e. The maximum atomic E-state index is 12.9. The second-order valence-corrected chi connectivity index (χ2v) is 7.44. The Labute approximate surface area is 165 Å². The van der Waals surface area contributed by atoms with Crippen LogP contribution in [0.2, 0.25) is 0 Å². The third kappa shape index (κ3) is 3.11. The first-order chi connectivity index (χ1) is 13.8. The minimum Gasteiger partial charge on any atom is -0.486 e. The lowest BCUT2D eigenvalue weighted by Crippen LogP contribution is -2.49. The Morgan fingerprint density at radius 2 is 1.75 bits per heavy atom. The summed E-state index contributed by atoms with van der Waals surface area (Å²) in [5, 5.41) is 0. The third-order valence-electron chi connectivity index (χ3n) is 5.79.